The van der Waals surface area contributed by atoms with Crippen molar-refractivity contribution in [1.82, 2.24) is 9.88 Å². The zero-order valence-electron chi connectivity index (χ0n) is 31.7. The van der Waals surface area contributed by atoms with Gasteiger partial charge < -0.3 is 15.3 Å². The molecule has 0 unspecified atom stereocenters. The van der Waals surface area contributed by atoms with E-state index in [9.17, 15) is 5.26 Å². The van der Waals surface area contributed by atoms with E-state index in [1.807, 2.05) is 48.5 Å². The Bertz CT molecular complexity index is 3040. The van der Waals surface area contributed by atoms with Crippen LogP contribution in [0, 0.1) is 16.7 Å². The Morgan fingerprint density at radius 3 is 1.98 bits per heavy atom. The number of hydrogen-bond donors (Lipinski definition) is 2. The first kappa shape index (κ1) is 34.7. The second-order valence-corrected chi connectivity index (χ2v) is 14.8. The lowest BCUT2D eigenvalue weighted by atomic mass is 9.67. The number of para-hydroxylation sites is 1. The summed E-state index contributed by atoms with van der Waals surface area (Å²) in [6.45, 7) is 0.552. The zero-order chi connectivity index (χ0) is 39.1. The third kappa shape index (κ3) is 5.72. The lowest BCUT2D eigenvalue weighted by molar-refractivity contribution is 0.769. The molecular formula is C54H38N4. The molecule has 0 spiro atoms. The van der Waals surface area contributed by atoms with Crippen LogP contribution < -0.4 is 5.32 Å². The highest BCUT2D eigenvalue weighted by Gasteiger charge is 2.46. The highest BCUT2D eigenvalue weighted by molar-refractivity contribution is 6.12. The molecular weight excluding hydrogens is 705 g/mol. The number of nitrogens with zero attached hydrogens (tertiary/aromatic N) is 2. The highest BCUT2D eigenvalue weighted by Crippen LogP contribution is 2.57. The molecule has 8 aromatic carbocycles. The van der Waals surface area contributed by atoms with Gasteiger partial charge in [0, 0.05) is 34.3 Å². The molecule has 0 fully saturated rings. The van der Waals surface area contributed by atoms with Gasteiger partial charge in [-0.05, 0) is 93.0 Å². The Morgan fingerprint density at radius 1 is 0.569 bits per heavy atom. The van der Waals surface area contributed by atoms with E-state index < -0.39 is 5.41 Å². The summed E-state index contributed by atoms with van der Waals surface area (Å²) >= 11 is 0. The number of hydrogen-bond acceptors (Lipinski definition) is 3. The summed E-state index contributed by atoms with van der Waals surface area (Å²) in [6, 6.07) is 72.7. The molecule has 10 rings (SSSR count). The van der Waals surface area contributed by atoms with Crippen molar-refractivity contribution in [3.63, 3.8) is 0 Å². The van der Waals surface area contributed by atoms with Crippen LogP contribution >= 0.6 is 0 Å². The van der Waals surface area contributed by atoms with E-state index in [2.05, 4.69) is 162 Å². The summed E-state index contributed by atoms with van der Waals surface area (Å²) < 4.78 is 2.41. The second kappa shape index (κ2) is 14.4. The van der Waals surface area contributed by atoms with Gasteiger partial charge in [-0.15, -0.1) is 0 Å². The first-order chi connectivity index (χ1) is 28.6. The second-order valence-electron chi connectivity index (χ2n) is 14.8. The van der Waals surface area contributed by atoms with Gasteiger partial charge in [0.2, 0.25) is 0 Å². The highest BCUT2D eigenvalue weighted by atomic mass is 15.0. The molecule has 0 saturated carbocycles. The van der Waals surface area contributed by atoms with Crippen molar-refractivity contribution in [2.45, 2.75) is 12.0 Å². The first-order valence-electron chi connectivity index (χ1n) is 19.6. The summed E-state index contributed by atoms with van der Waals surface area (Å²) in [5, 5.41) is 24.5. The van der Waals surface area contributed by atoms with Crippen molar-refractivity contribution in [3.05, 3.63) is 251 Å². The SMILES string of the molecule is N#Cc1cccc(C(=N)/C=C(\NCc2cccc(-n3c4ccccc4c4cc5c(cc43)-c3ccccc3C5(c3ccccc3)c3ccccc3)c2)c2ccccc2)c1. The number of allylic oxidation sites excluding steroid dienone is 1. The molecule has 58 heavy (non-hydrogen) atoms. The van der Waals surface area contributed by atoms with E-state index in [0.29, 0.717) is 23.4 Å². The third-order valence-electron chi connectivity index (χ3n) is 11.6. The van der Waals surface area contributed by atoms with Crippen LogP contribution in [0.2, 0.25) is 0 Å². The minimum atomic E-state index is -0.476. The smallest absolute Gasteiger partial charge is 0.0991 e. The maximum Gasteiger partial charge on any atom is 0.0991 e. The number of fused-ring (bicyclic) bond motifs is 6. The fourth-order valence-corrected chi connectivity index (χ4v) is 9.02. The van der Waals surface area contributed by atoms with Crippen LogP contribution in [-0.2, 0) is 12.0 Å². The Balaban J connectivity index is 1.10. The number of nitrogens with one attached hydrogen (secondary N) is 2. The average Bonchev–Trinajstić information content (AvgIpc) is 3.78. The summed E-state index contributed by atoms with van der Waals surface area (Å²) in [7, 11) is 0. The monoisotopic (exact) mass is 742 g/mol. The quantitative estimate of drug-likeness (QED) is 0.145. The van der Waals surface area contributed by atoms with Gasteiger partial charge in [-0.3, -0.25) is 0 Å². The van der Waals surface area contributed by atoms with Crippen LogP contribution in [0.25, 0.3) is 44.3 Å². The van der Waals surface area contributed by atoms with E-state index in [4.69, 9.17) is 5.41 Å². The van der Waals surface area contributed by atoms with E-state index in [1.165, 1.54) is 44.2 Å². The zero-order valence-corrected chi connectivity index (χ0v) is 31.7. The molecule has 274 valence electrons. The summed E-state index contributed by atoms with van der Waals surface area (Å²) in [6.07, 6.45) is 1.85. The Labute approximate surface area is 338 Å². The van der Waals surface area contributed by atoms with Gasteiger partial charge in [-0.25, -0.2) is 0 Å². The third-order valence-corrected chi connectivity index (χ3v) is 11.6. The Kier molecular flexibility index (Phi) is 8.62. The maximum atomic E-state index is 9.46. The molecule has 0 amide bonds. The van der Waals surface area contributed by atoms with Crippen molar-refractivity contribution < 1.29 is 0 Å². The minimum absolute atomic E-state index is 0.333. The number of nitriles is 1. The van der Waals surface area contributed by atoms with E-state index >= 15 is 0 Å². The molecule has 1 aliphatic rings. The van der Waals surface area contributed by atoms with Gasteiger partial charge in [0.25, 0.3) is 0 Å². The first-order valence-corrected chi connectivity index (χ1v) is 19.6. The number of rotatable bonds is 9. The van der Waals surface area contributed by atoms with E-state index in [0.717, 1.165) is 33.5 Å². The molecule has 2 N–H and O–H groups in total. The molecule has 0 saturated heterocycles. The largest absolute Gasteiger partial charge is 0.380 e. The van der Waals surface area contributed by atoms with Crippen molar-refractivity contribution in [2.24, 2.45) is 0 Å². The molecule has 4 nitrogen and oxygen atoms in total. The van der Waals surface area contributed by atoms with Crippen LogP contribution in [0.15, 0.2) is 206 Å². The summed E-state index contributed by atoms with van der Waals surface area (Å²) in [5.74, 6) is 0. The molecule has 1 aromatic heterocycles. The van der Waals surface area contributed by atoms with Crippen LogP contribution in [-0.4, -0.2) is 10.3 Å². The Hall–Kier alpha value is -7.74. The standard InChI is InChI=1S/C54H38N4/c55-35-37-16-14-20-40(30-37)50(56)34-51(39-18-4-1-5-19-39)57-36-38-17-15-25-43(31-38)58-52-29-13-11-27-45(52)47-32-49-46(33-53(47)58)44-26-10-12-28-48(44)54(49,41-21-6-2-7-22-41)42-23-8-3-9-24-42/h1-34,56-57H,36H2/b51-34-,56-50?. The number of aromatic nitrogens is 1. The minimum Gasteiger partial charge on any atom is -0.380 e. The fraction of sp³-hybridized carbons (Fsp3) is 0.0370. The summed E-state index contributed by atoms with van der Waals surface area (Å²) in [4.78, 5) is 0. The predicted octanol–water partition coefficient (Wildman–Crippen LogP) is 12.2. The van der Waals surface area contributed by atoms with Gasteiger partial charge >= 0.3 is 0 Å². The van der Waals surface area contributed by atoms with Gasteiger partial charge in [-0.1, -0.05) is 158 Å². The Morgan fingerprint density at radius 2 is 1.22 bits per heavy atom. The summed E-state index contributed by atoms with van der Waals surface area (Å²) in [5.41, 5.74) is 15.0. The van der Waals surface area contributed by atoms with Crippen molar-refractivity contribution in [2.75, 3.05) is 0 Å². The van der Waals surface area contributed by atoms with Crippen LogP contribution in [0.3, 0.4) is 0 Å². The molecule has 0 atom stereocenters. The van der Waals surface area contributed by atoms with Gasteiger partial charge in [0.1, 0.15) is 0 Å². The average molecular weight is 743 g/mol. The van der Waals surface area contributed by atoms with Crippen LogP contribution in [0.1, 0.15) is 44.5 Å². The molecule has 9 aromatic rings. The molecule has 0 bridgehead atoms. The topological polar surface area (TPSA) is 64.6 Å². The van der Waals surface area contributed by atoms with Gasteiger partial charge in [0.15, 0.2) is 0 Å². The van der Waals surface area contributed by atoms with Crippen LogP contribution in [0.4, 0.5) is 0 Å². The predicted molar refractivity (Wildman–Crippen MR) is 237 cm³/mol. The normalized spacial score (nSPS) is 12.8. The lowest BCUT2D eigenvalue weighted by Crippen LogP contribution is -2.28. The van der Waals surface area contributed by atoms with Gasteiger partial charge in [-0.2, -0.15) is 5.26 Å². The van der Waals surface area contributed by atoms with Crippen molar-refractivity contribution in [1.29, 1.82) is 10.7 Å². The van der Waals surface area contributed by atoms with Crippen molar-refractivity contribution in [3.8, 4) is 22.9 Å². The molecule has 0 radical (unpaired) electrons. The number of benzene rings is 8. The molecule has 4 heteroatoms. The van der Waals surface area contributed by atoms with E-state index in [1.54, 1.807) is 12.1 Å². The lowest BCUT2D eigenvalue weighted by Gasteiger charge is -2.33. The fourth-order valence-electron chi connectivity index (χ4n) is 9.02. The van der Waals surface area contributed by atoms with E-state index in [-0.39, 0.29) is 0 Å². The maximum absolute atomic E-state index is 9.46. The molecule has 0 aliphatic heterocycles. The molecule has 1 aliphatic carbocycles. The van der Waals surface area contributed by atoms with Crippen LogP contribution in [0.5, 0.6) is 0 Å². The van der Waals surface area contributed by atoms with Gasteiger partial charge in [0.05, 0.1) is 33.8 Å². The molecule has 1 heterocycles. The van der Waals surface area contributed by atoms with Crippen molar-refractivity contribution >= 4 is 33.2 Å².